The maximum Gasteiger partial charge on any atom is 0.276 e. The summed E-state index contributed by atoms with van der Waals surface area (Å²) in [7, 11) is 0. The van der Waals surface area contributed by atoms with Crippen LogP contribution in [0.4, 0.5) is 5.69 Å². The number of aromatic nitrogens is 2. The largest absolute Gasteiger partial charge is 0.482 e. The summed E-state index contributed by atoms with van der Waals surface area (Å²) in [6, 6.07) is 3.47. The van der Waals surface area contributed by atoms with Gasteiger partial charge < -0.3 is 9.64 Å². The molecule has 27 heavy (non-hydrogen) atoms. The molecule has 0 unspecified atom stereocenters. The van der Waals surface area contributed by atoms with Crippen molar-refractivity contribution in [3.63, 3.8) is 0 Å². The number of halogens is 2. The third-order valence-corrected chi connectivity index (χ3v) is 6.26. The van der Waals surface area contributed by atoms with Crippen molar-refractivity contribution < 1.29 is 9.53 Å². The van der Waals surface area contributed by atoms with Crippen molar-refractivity contribution in [3.8, 4) is 16.9 Å². The highest BCUT2D eigenvalue weighted by atomic mass is 35.5. The Kier molecular flexibility index (Phi) is 4.02. The molecular formula is C19H19Cl2N3O3. The summed E-state index contributed by atoms with van der Waals surface area (Å²) in [6.45, 7) is 2.05. The second kappa shape index (κ2) is 6.31. The van der Waals surface area contributed by atoms with Gasteiger partial charge in [-0.1, -0.05) is 23.2 Å². The van der Waals surface area contributed by atoms with Gasteiger partial charge in [0.1, 0.15) is 10.9 Å². The monoisotopic (exact) mass is 407 g/mol. The molecule has 0 saturated heterocycles. The Hall–Kier alpha value is -1.92. The SMILES string of the molecule is O=C1COc2cc(Cl)c(-c3c(Cl)n4n(c3=O)CCCC4)cc2N1CC1CC1. The first-order valence-corrected chi connectivity index (χ1v) is 10.1. The van der Waals surface area contributed by atoms with Gasteiger partial charge in [-0.2, -0.15) is 0 Å². The van der Waals surface area contributed by atoms with Crippen molar-refractivity contribution in [2.75, 3.05) is 18.1 Å². The number of hydrogen-bond donors (Lipinski definition) is 0. The summed E-state index contributed by atoms with van der Waals surface area (Å²) in [6.07, 6.45) is 4.22. The lowest BCUT2D eigenvalue weighted by Crippen LogP contribution is -2.40. The number of hydrogen-bond acceptors (Lipinski definition) is 3. The zero-order chi connectivity index (χ0) is 18.7. The Morgan fingerprint density at radius 2 is 1.81 bits per heavy atom. The zero-order valence-corrected chi connectivity index (χ0v) is 16.2. The van der Waals surface area contributed by atoms with Crippen molar-refractivity contribution in [2.24, 2.45) is 5.92 Å². The maximum absolute atomic E-state index is 13.0. The van der Waals surface area contributed by atoms with Crippen molar-refractivity contribution >= 4 is 34.8 Å². The molecule has 142 valence electrons. The highest BCUT2D eigenvalue weighted by molar-refractivity contribution is 6.36. The molecule has 1 saturated carbocycles. The minimum absolute atomic E-state index is 0.0132. The van der Waals surface area contributed by atoms with Crippen LogP contribution in [0.25, 0.3) is 11.1 Å². The number of rotatable bonds is 3. The average Bonchev–Trinajstić information content (AvgIpc) is 3.45. The highest BCUT2D eigenvalue weighted by Crippen LogP contribution is 2.43. The van der Waals surface area contributed by atoms with Gasteiger partial charge in [0.05, 0.1) is 16.3 Å². The van der Waals surface area contributed by atoms with E-state index >= 15 is 0 Å². The maximum atomic E-state index is 13.0. The molecule has 0 bridgehead atoms. The second-order valence-corrected chi connectivity index (χ2v) is 8.23. The van der Waals surface area contributed by atoms with Crippen LogP contribution in [0.15, 0.2) is 16.9 Å². The first-order chi connectivity index (χ1) is 13.0. The lowest BCUT2D eigenvalue weighted by atomic mass is 10.1. The van der Waals surface area contributed by atoms with E-state index in [2.05, 4.69) is 0 Å². The fourth-order valence-corrected chi connectivity index (χ4v) is 4.53. The number of ether oxygens (including phenoxy) is 1. The fraction of sp³-hybridized carbons (Fsp3) is 0.474. The summed E-state index contributed by atoms with van der Waals surface area (Å²) in [5, 5.41) is 0.801. The lowest BCUT2D eigenvalue weighted by Gasteiger charge is -2.30. The molecule has 6 nitrogen and oxygen atoms in total. The number of benzene rings is 1. The van der Waals surface area contributed by atoms with Gasteiger partial charge >= 0.3 is 0 Å². The van der Waals surface area contributed by atoms with Gasteiger partial charge in [0.25, 0.3) is 11.5 Å². The number of carbonyl (C=O) groups is 1. The first-order valence-electron chi connectivity index (χ1n) is 9.31. The molecule has 5 rings (SSSR count). The molecule has 2 aliphatic heterocycles. The Labute approximate surface area is 166 Å². The van der Waals surface area contributed by atoms with E-state index < -0.39 is 0 Å². The molecule has 1 aromatic carbocycles. The standard InChI is InChI=1S/C19H19Cl2N3O3/c20-13-8-15-14(22(9-11-3-4-11)16(25)10-27-15)7-12(13)17-18(21)23-5-1-2-6-24(23)19(17)26/h7-8,11H,1-6,9-10H2. The van der Waals surface area contributed by atoms with Gasteiger partial charge in [-0.3, -0.25) is 14.3 Å². The summed E-state index contributed by atoms with van der Waals surface area (Å²) < 4.78 is 9.09. The van der Waals surface area contributed by atoms with E-state index in [0.29, 0.717) is 58.3 Å². The van der Waals surface area contributed by atoms with Gasteiger partial charge in [-0.25, -0.2) is 4.68 Å². The minimum atomic E-state index is -0.140. The predicted octanol–water partition coefficient (Wildman–Crippen LogP) is 3.55. The molecule has 3 heterocycles. The van der Waals surface area contributed by atoms with Crippen molar-refractivity contribution in [1.29, 1.82) is 0 Å². The highest BCUT2D eigenvalue weighted by Gasteiger charge is 2.33. The first kappa shape index (κ1) is 17.2. The van der Waals surface area contributed by atoms with Crippen LogP contribution in [0, 0.1) is 5.92 Å². The molecule has 8 heteroatoms. The Morgan fingerprint density at radius 1 is 1.07 bits per heavy atom. The predicted molar refractivity (Wildman–Crippen MR) is 104 cm³/mol. The van der Waals surface area contributed by atoms with E-state index in [1.54, 1.807) is 21.7 Å². The van der Waals surface area contributed by atoms with Gasteiger partial charge in [-0.05, 0) is 37.7 Å². The third kappa shape index (κ3) is 2.77. The van der Waals surface area contributed by atoms with Crippen LogP contribution in [0.5, 0.6) is 5.75 Å². The molecule has 1 aliphatic carbocycles. The Bertz CT molecular complexity index is 1010. The zero-order valence-electron chi connectivity index (χ0n) is 14.7. The smallest absolute Gasteiger partial charge is 0.276 e. The minimum Gasteiger partial charge on any atom is -0.482 e. The number of carbonyl (C=O) groups excluding carboxylic acids is 1. The number of nitrogens with zero attached hydrogens (tertiary/aromatic N) is 3. The molecule has 0 N–H and O–H groups in total. The molecule has 0 radical (unpaired) electrons. The summed E-state index contributed by atoms with van der Waals surface area (Å²) >= 11 is 13.1. The van der Waals surface area contributed by atoms with Crippen molar-refractivity contribution in [3.05, 3.63) is 32.7 Å². The van der Waals surface area contributed by atoms with Gasteiger partial charge in [0.2, 0.25) is 0 Å². The van der Waals surface area contributed by atoms with Crippen LogP contribution < -0.4 is 15.2 Å². The molecular weight excluding hydrogens is 389 g/mol. The molecule has 0 atom stereocenters. The number of fused-ring (bicyclic) bond motifs is 2. The molecule has 0 spiro atoms. The summed E-state index contributed by atoms with van der Waals surface area (Å²) in [4.78, 5) is 27.2. The van der Waals surface area contributed by atoms with E-state index in [1.807, 2.05) is 4.68 Å². The van der Waals surface area contributed by atoms with Crippen LogP contribution in [0.3, 0.4) is 0 Å². The molecule has 2 aromatic rings. The van der Waals surface area contributed by atoms with Crippen LogP contribution in [-0.2, 0) is 17.9 Å². The van der Waals surface area contributed by atoms with Crippen LogP contribution >= 0.6 is 23.2 Å². The van der Waals surface area contributed by atoms with E-state index in [-0.39, 0.29) is 18.1 Å². The van der Waals surface area contributed by atoms with E-state index in [1.165, 1.54) is 0 Å². The Morgan fingerprint density at radius 3 is 2.52 bits per heavy atom. The van der Waals surface area contributed by atoms with E-state index in [4.69, 9.17) is 27.9 Å². The Balaban J connectivity index is 1.66. The van der Waals surface area contributed by atoms with Gasteiger partial charge in [0.15, 0.2) is 6.61 Å². The van der Waals surface area contributed by atoms with Gasteiger partial charge in [0, 0.05) is 31.3 Å². The molecule has 1 aromatic heterocycles. The quantitative estimate of drug-likeness (QED) is 0.781. The molecule has 1 amide bonds. The normalized spacial score (nSPS) is 18.9. The second-order valence-electron chi connectivity index (χ2n) is 7.46. The fourth-order valence-electron chi connectivity index (χ4n) is 3.92. The lowest BCUT2D eigenvalue weighted by molar-refractivity contribution is -0.121. The van der Waals surface area contributed by atoms with Crippen LogP contribution in [0.2, 0.25) is 10.2 Å². The number of amides is 1. The summed E-state index contributed by atoms with van der Waals surface area (Å²) in [5.74, 6) is 1.04. The van der Waals surface area contributed by atoms with Crippen LogP contribution in [0.1, 0.15) is 25.7 Å². The van der Waals surface area contributed by atoms with Gasteiger partial charge in [-0.15, -0.1) is 0 Å². The number of anilines is 1. The average molecular weight is 408 g/mol. The van der Waals surface area contributed by atoms with Crippen molar-refractivity contribution in [2.45, 2.75) is 38.8 Å². The third-order valence-electron chi connectivity index (χ3n) is 5.56. The van der Waals surface area contributed by atoms with E-state index in [0.717, 1.165) is 25.7 Å². The molecule has 3 aliphatic rings. The topological polar surface area (TPSA) is 56.5 Å². The summed E-state index contributed by atoms with van der Waals surface area (Å²) in [5.41, 5.74) is 1.48. The van der Waals surface area contributed by atoms with E-state index in [9.17, 15) is 9.59 Å². The van der Waals surface area contributed by atoms with Crippen molar-refractivity contribution in [1.82, 2.24) is 9.36 Å². The molecule has 1 fully saturated rings. The van der Waals surface area contributed by atoms with Crippen LogP contribution in [-0.4, -0.2) is 28.4 Å².